The molecule has 154 valence electrons. The second-order valence-electron chi connectivity index (χ2n) is 6.18. The summed E-state index contributed by atoms with van der Waals surface area (Å²) in [6.07, 6.45) is 1.92. The van der Waals surface area contributed by atoms with Crippen molar-refractivity contribution in [1.82, 2.24) is 15.0 Å². The number of hydrogen-bond acceptors (Lipinski definition) is 10. The number of aliphatic hydroxyl groups excluding tert-OH is 1. The SMILES string of the molecule is CCCc1sc(-c2ccc(O)c(OCCO)c2)nc1CSc1nc(N)cc(N)n1. The van der Waals surface area contributed by atoms with Gasteiger partial charge >= 0.3 is 0 Å². The molecule has 1 aromatic carbocycles. The van der Waals surface area contributed by atoms with Gasteiger partial charge in [-0.3, -0.25) is 0 Å². The number of nitrogens with two attached hydrogens (primary N) is 2. The molecule has 0 spiro atoms. The number of aryl methyl sites for hydroxylation is 1. The minimum Gasteiger partial charge on any atom is -0.504 e. The Hall–Kier alpha value is -2.56. The largest absolute Gasteiger partial charge is 0.504 e. The van der Waals surface area contributed by atoms with Crippen LogP contribution in [0.3, 0.4) is 0 Å². The van der Waals surface area contributed by atoms with Gasteiger partial charge in [-0.1, -0.05) is 25.1 Å². The lowest BCUT2D eigenvalue weighted by Crippen LogP contribution is -2.01. The summed E-state index contributed by atoms with van der Waals surface area (Å²) < 4.78 is 5.39. The first-order chi connectivity index (χ1) is 14.0. The van der Waals surface area contributed by atoms with Crippen LogP contribution >= 0.6 is 23.1 Å². The molecule has 2 heterocycles. The number of aliphatic hydroxyl groups is 1. The highest BCUT2D eigenvalue weighted by Crippen LogP contribution is 2.36. The van der Waals surface area contributed by atoms with Crippen molar-refractivity contribution < 1.29 is 14.9 Å². The highest BCUT2D eigenvalue weighted by molar-refractivity contribution is 7.98. The average Bonchev–Trinajstić information content (AvgIpc) is 3.08. The molecule has 6 N–H and O–H groups in total. The molecule has 0 bridgehead atoms. The number of rotatable bonds is 9. The van der Waals surface area contributed by atoms with E-state index in [0.29, 0.717) is 28.3 Å². The van der Waals surface area contributed by atoms with Crippen LogP contribution in [0.15, 0.2) is 29.4 Å². The molecule has 0 aliphatic rings. The number of nitrogen functional groups attached to an aromatic ring is 2. The van der Waals surface area contributed by atoms with Gasteiger partial charge in [0.05, 0.1) is 12.3 Å². The van der Waals surface area contributed by atoms with Gasteiger partial charge in [-0.2, -0.15) is 0 Å². The van der Waals surface area contributed by atoms with Crippen LogP contribution in [0.4, 0.5) is 11.6 Å². The number of aromatic nitrogens is 3. The van der Waals surface area contributed by atoms with E-state index in [9.17, 15) is 5.11 Å². The molecule has 10 heteroatoms. The number of benzene rings is 1. The van der Waals surface area contributed by atoms with Gasteiger partial charge in [0.25, 0.3) is 0 Å². The fourth-order valence-electron chi connectivity index (χ4n) is 2.62. The molecule has 3 aromatic rings. The van der Waals surface area contributed by atoms with E-state index < -0.39 is 0 Å². The van der Waals surface area contributed by atoms with Crippen molar-refractivity contribution >= 4 is 34.7 Å². The van der Waals surface area contributed by atoms with Crippen LogP contribution in [-0.4, -0.2) is 38.4 Å². The van der Waals surface area contributed by atoms with Crippen LogP contribution in [-0.2, 0) is 12.2 Å². The minimum absolute atomic E-state index is 0.0275. The monoisotopic (exact) mass is 433 g/mol. The van der Waals surface area contributed by atoms with Gasteiger partial charge in [-0.05, 0) is 24.6 Å². The predicted octanol–water partition coefficient (Wildman–Crippen LogP) is 3.09. The summed E-state index contributed by atoms with van der Waals surface area (Å²) in [7, 11) is 0. The number of thiazole rings is 1. The van der Waals surface area contributed by atoms with E-state index in [1.807, 2.05) is 0 Å². The van der Waals surface area contributed by atoms with E-state index >= 15 is 0 Å². The first-order valence-electron chi connectivity index (χ1n) is 9.08. The number of ether oxygens (including phenoxy) is 1. The maximum absolute atomic E-state index is 9.95. The van der Waals surface area contributed by atoms with Crippen molar-refractivity contribution in [3.63, 3.8) is 0 Å². The smallest absolute Gasteiger partial charge is 0.191 e. The Bertz CT molecular complexity index is 960. The molecule has 0 unspecified atom stereocenters. The summed E-state index contributed by atoms with van der Waals surface area (Å²) in [5.41, 5.74) is 13.3. The molecule has 0 radical (unpaired) electrons. The van der Waals surface area contributed by atoms with Crippen LogP contribution in [0, 0.1) is 0 Å². The number of hydrogen-bond donors (Lipinski definition) is 4. The molecule has 0 amide bonds. The fourth-order valence-corrected chi connectivity index (χ4v) is 4.73. The van der Waals surface area contributed by atoms with E-state index in [1.54, 1.807) is 29.5 Å². The van der Waals surface area contributed by atoms with Crippen molar-refractivity contribution in [3.05, 3.63) is 34.8 Å². The molecule has 0 aliphatic heterocycles. The van der Waals surface area contributed by atoms with Crippen LogP contribution in [0.25, 0.3) is 10.6 Å². The highest BCUT2D eigenvalue weighted by Gasteiger charge is 2.15. The van der Waals surface area contributed by atoms with Gasteiger partial charge in [0.15, 0.2) is 16.7 Å². The second kappa shape index (κ2) is 9.77. The summed E-state index contributed by atoms with van der Waals surface area (Å²) in [4.78, 5) is 14.4. The van der Waals surface area contributed by atoms with Gasteiger partial charge in [0.1, 0.15) is 23.3 Å². The van der Waals surface area contributed by atoms with Crippen LogP contribution < -0.4 is 16.2 Å². The molecule has 8 nitrogen and oxygen atoms in total. The third-order valence-electron chi connectivity index (χ3n) is 3.89. The lowest BCUT2D eigenvalue weighted by Gasteiger charge is -2.07. The Kier molecular flexibility index (Phi) is 7.13. The summed E-state index contributed by atoms with van der Waals surface area (Å²) in [5, 5.41) is 20.2. The third-order valence-corrected chi connectivity index (χ3v) is 5.96. The number of phenols is 1. The lowest BCUT2D eigenvalue weighted by atomic mass is 10.2. The standard InChI is InChI=1S/C19H23N5O3S2/c1-2-3-15-12(10-28-19-23-16(20)9-17(21)24-19)22-18(29-15)11-4-5-13(26)14(8-11)27-7-6-25/h4-5,8-9,25-26H,2-3,6-7,10H2,1H3,(H4,20,21,23,24). The quantitative estimate of drug-likeness (QED) is 0.296. The second-order valence-corrected chi connectivity index (χ2v) is 8.21. The normalized spacial score (nSPS) is 11.0. The van der Waals surface area contributed by atoms with E-state index in [1.165, 1.54) is 22.7 Å². The lowest BCUT2D eigenvalue weighted by molar-refractivity contribution is 0.197. The Balaban J connectivity index is 1.84. The van der Waals surface area contributed by atoms with Crippen LogP contribution in [0.2, 0.25) is 0 Å². The number of anilines is 2. The van der Waals surface area contributed by atoms with E-state index in [2.05, 4.69) is 16.9 Å². The van der Waals surface area contributed by atoms with Gasteiger partial charge in [-0.25, -0.2) is 15.0 Å². The maximum atomic E-state index is 9.95. The average molecular weight is 434 g/mol. The van der Waals surface area contributed by atoms with Gasteiger partial charge in [0, 0.05) is 22.3 Å². The molecule has 0 atom stereocenters. The zero-order valence-corrected chi connectivity index (χ0v) is 17.6. The molecule has 0 saturated heterocycles. The number of aromatic hydroxyl groups is 1. The van der Waals surface area contributed by atoms with E-state index in [0.717, 1.165) is 29.1 Å². The topological polar surface area (TPSA) is 140 Å². The van der Waals surface area contributed by atoms with Crippen LogP contribution in [0.1, 0.15) is 23.9 Å². The molecular weight excluding hydrogens is 410 g/mol. The summed E-state index contributed by atoms with van der Waals surface area (Å²) in [5.74, 6) is 1.63. The van der Waals surface area contributed by atoms with E-state index in [-0.39, 0.29) is 19.0 Å². The Labute approximate surface area is 177 Å². The number of thioether (sulfide) groups is 1. The molecule has 2 aromatic heterocycles. The maximum Gasteiger partial charge on any atom is 0.191 e. The fraction of sp³-hybridized carbons (Fsp3) is 0.316. The molecule has 0 fully saturated rings. The summed E-state index contributed by atoms with van der Waals surface area (Å²) in [6.45, 7) is 2.11. The molecule has 0 saturated carbocycles. The first-order valence-corrected chi connectivity index (χ1v) is 10.9. The zero-order chi connectivity index (χ0) is 20.8. The molecule has 0 aliphatic carbocycles. The van der Waals surface area contributed by atoms with Crippen molar-refractivity contribution in [1.29, 1.82) is 0 Å². The summed E-state index contributed by atoms with van der Waals surface area (Å²) in [6, 6.07) is 6.63. The van der Waals surface area contributed by atoms with Crippen molar-refractivity contribution in [3.8, 4) is 22.1 Å². The minimum atomic E-state index is -0.125. The highest BCUT2D eigenvalue weighted by atomic mass is 32.2. The third kappa shape index (κ3) is 5.49. The van der Waals surface area contributed by atoms with E-state index in [4.69, 9.17) is 26.3 Å². The summed E-state index contributed by atoms with van der Waals surface area (Å²) >= 11 is 3.05. The van der Waals surface area contributed by atoms with Crippen molar-refractivity contribution in [2.24, 2.45) is 0 Å². The van der Waals surface area contributed by atoms with Crippen molar-refractivity contribution in [2.45, 2.75) is 30.7 Å². The predicted molar refractivity (Wildman–Crippen MR) is 116 cm³/mol. The zero-order valence-electron chi connectivity index (χ0n) is 16.0. The van der Waals surface area contributed by atoms with Gasteiger partial charge < -0.3 is 26.4 Å². The van der Waals surface area contributed by atoms with Crippen LogP contribution in [0.5, 0.6) is 11.5 Å². The number of phenolic OH excluding ortho intramolecular Hbond substituents is 1. The van der Waals surface area contributed by atoms with Crippen molar-refractivity contribution in [2.75, 3.05) is 24.7 Å². The first kappa shape index (κ1) is 21.2. The Morgan fingerprint density at radius 2 is 1.90 bits per heavy atom. The Morgan fingerprint density at radius 3 is 2.59 bits per heavy atom. The van der Waals surface area contributed by atoms with Gasteiger partial charge in [0.2, 0.25) is 0 Å². The molecule has 3 rings (SSSR count). The molecular formula is C19H23N5O3S2. The van der Waals surface area contributed by atoms with Gasteiger partial charge in [-0.15, -0.1) is 11.3 Å². The number of nitrogens with zero attached hydrogens (tertiary/aromatic N) is 3. The Morgan fingerprint density at radius 1 is 1.14 bits per heavy atom. The molecule has 29 heavy (non-hydrogen) atoms.